The standard InChI is InChI=1S/C8H10N6O/c9-3-4(10)6(12)8-7(5(3)11)13-1-2-14(8)15/h1-2,10,15H,9,11-12H2. The molecule has 2 aliphatic rings. The molecular formula is C8H10N6O. The summed E-state index contributed by atoms with van der Waals surface area (Å²) >= 11 is 0. The molecule has 8 N–H and O–H groups in total. The lowest BCUT2D eigenvalue weighted by atomic mass is 10.1. The monoisotopic (exact) mass is 206 g/mol. The minimum atomic E-state index is -0.101. The van der Waals surface area contributed by atoms with Crippen LogP contribution < -0.4 is 22.6 Å². The van der Waals surface area contributed by atoms with Crippen LogP contribution in [0.25, 0.3) is 11.4 Å². The van der Waals surface area contributed by atoms with Crippen LogP contribution in [0.1, 0.15) is 0 Å². The summed E-state index contributed by atoms with van der Waals surface area (Å²) < 4.78 is 0.769. The smallest absolute Gasteiger partial charge is 0.132 e. The minimum absolute atomic E-state index is 0.0484. The summed E-state index contributed by atoms with van der Waals surface area (Å²) in [5.74, 6) is 0. The molecule has 15 heavy (non-hydrogen) atoms. The fraction of sp³-hybridized carbons (Fsp3) is 0. The zero-order valence-corrected chi connectivity index (χ0v) is 7.73. The highest BCUT2D eigenvalue weighted by Crippen LogP contribution is 2.30. The van der Waals surface area contributed by atoms with Gasteiger partial charge in [0.2, 0.25) is 0 Å². The van der Waals surface area contributed by atoms with Gasteiger partial charge in [-0.25, -0.2) is 0 Å². The van der Waals surface area contributed by atoms with Crippen LogP contribution in [0.3, 0.4) is 0 Å². The molecule has 0 spiro atoms. The Kier molecular flexibility index (Phi) is 1.69. The summed E-state index contributed by atoms with van der Waals surface area (Å²) in [5, 5.41) is 17.0. The van der Waals surface area contributed by atoms with Crippen LogP contribution in [0.2, 0.25) is 0 Å². The number of nitrogens with two attached hydrogens (primary N) is 3. The van der Waals surface area contributed by atoms with Crippen molar-refractivity contribution >= 4 is 17.1 Å². The van der Waals surface area contributed by atoms with E-state index in [1.165, 1.54) is 12.4 Å². The third-order valence-corrected chi connectivity index (χ3v) is 2.20. The Morgan fingerprint density at radius 3 is 2.53 bits per heavy atom. The molecule has 2 rings (SSSR count). The number of rotatable bonds is 0. The third kappa shape index (κ3) is 1.06. The molecule has 0 fully saturated rings. The number of fused-ring (bicyclic) bond motifs is 1. The Balaban J connectivity index is 3.06. The molecule has 0 radical (unpaired) electrons. The van der Waals surface area contributed by atoms with Gasteiger partial charge >= 0.3 is 0 Å². The predicted octanol–water partition coefficient (Wildman–Crippen LogP) is -0.549. The van der Waals surface area contributed by atoms with Crippen molar-refractivity contribution in [1.82, 2.24) is 9.71 Å². The number of hydrogen-bond donors (Lipinski definition) is 5. The molecule has 7 heteroatoms. The van der Waals surface area contributed by atoms with E-state index in [1.807, 2.05) is 0 Å². The van der Waals surface area contributed by atoms with Gasteiger partial charge in [0.25, 0.3) is 0 Å². The first-order valence-corrected chi connectivity index (χ1v) is 4.11. The van der Waals surface area contributed by atoms with E-state index >= 15 is 0 Å². The molecule has 0 saturated carbocycles. The molecule has 1 aliphatic heterocycles. The van der Waals surface area contributed by atoms with Gasteiger partial charge in [0, 0.05) is 6.20 Å². The highest BCUT2D eigenvalue weighted by atomic mass is 16.5. The summed E-state index contributed by atoms with van der Waals surface area (Å²) in [4.78, 5) is 3.96. The molecule has 0 unspecified atom stereocenters. The molecule has 0 amide bonds. The van der Waals surface area contributed by atoms with Gasteiger partial charge in [0.1, 0.15) is 16.7 Å². The molecule has 7 nitrogen and oxygen atoms in total. The lowest BCUT2D eigenvalue weighted by Crippen LogP contribution is -2.21. The average molecular weight is 206 g/mol. The van der Waals surface area contributed by atoms with Crippen LogP contribution in [0.5, 0.6) is 0 Å². The van der Waals surface area contributed by atoms with E-state index in [2.05, 4.69) is 4.98 Å². The van der Waals surface area contributed by atoms with Gasteiger partial charge in [0.05, 0.1) is 23.3 Å². The summed E-state index contributed by atoms with van der Waals surface area (Å²) in [5.41, 5.74) is 17.6. The lowest BCUT2D eigenvalue weighted by Gasteiger charge is -2.15. The largest absolute Gasteiger partial charge is 0.428 e. The molecule has 1 heterocycles. The maximum Gasteiger partial charge on any atom is 0.132 e. The van der Waals surface area contributed by atoms with Crippen LogP contribution in [0.15, 0.2) is 12.4 Å². The maximum absolute atomic E-state index is 9.51. The molecule has 0 atom stereocenters. The average Bonchev–Trinajstić information content (AvgIpc) is 2.23. The maximum atomic E-state index is 9.51. The lowest BCUT2D eigenvalue weighted by molar-refractivity contribution is 0.188. The Hall–Kier alpha value is -2.44. The highest BCUT2D eigenvalue weighted by Gasteiger charge is 2.19. The number of nitrogens with zero attached hydrogens (tertiary/aromatic N) is 2. The normalized spacial score (nSPS) is 10.7. The van der Waals surface area contributed by atoms with Crippen molar-refractivity contribution in [3.63, 3.8) is 0 Å². The third-order valence-electron chi connectivity index (χ3n) is 2.20. The van der Waals surface area contributed by atoms with Crippen LogP contribution >= 0.6 is 0 Å². The zero-order chi connectivity index (χ0) is 11.2. The molecule has 0 aromatic carbocycles. The number of aromatic nitrogens is 2. The molecule has 78 valence electrons. The van der Waals surface area contributed by atoms with E-state index in [-0.39, 0.29) is 33.8 Å². The van der Waals surface area contributed by atoms with E-state index in [4.69, 9.17) is 22.6 Å². The highest BCUT2D eigenvalue weighted by molar-refractivity contribution is 5.88. The Labute approximate surface area is 84.6 Å². The number of nitrogens with one attached hydrogen (secondary N) is 1. The fourth-order valence-corrected chi connectivity index (χ4v) is 1.39. The van der Waals surface area contributed by atoms with Gasteiger partial charge in [-0.3, -0.25) is 10.4 Å². The second-order valence-electron chi connectivity index (χ2n) is 3.09. The van der Waals surface area contributed by atoms with Gasteiger partial charge in [-0.1, -0.05) is 0 Å². The Bertz CT molecular complexity index is 560. The number of nitrogen functional groups attached to an aromatic ring is 3. The quantitative estimate of drug-likeness (QED) is 0.290. The van der Waals surface area contributed by atoms with E-state index < -0.39 is 0 Å². The number of anilines is 3. The Morgan fingerprint density at radius 2 is 1.87 bits per heavy atom. The van der Waals surface area contributed by atoms with Gasteiger partial charge in [-0.15, -0.1) is 0 Å². The van der Waals surface area contributed by atoms with Gasteiger partial charge in [-0.05, 0) is 0 Å². The first-order chi connectivity index (χ1) is 7.04. The van der Waals surface area contributed by atoms with Crippen LogP contribution in [-0.2, 0) is 0 Å². The van der Waals surface area contributed by atoms with Crippen LogP contribution in [0, 0.1) is 5.41 Å². The molecule has 0 saturated heterocycles. The van der Waals surface area contributed by atoms with Gasteiger partial charge < -0.3 is 22.4 Å². The van der Waals surface area contributed by atoms with Gasteiger partial charge in [0.15, 0.2) is 0 Å². The first kappa shape index (κ1) is 9.13. The SMILES string of the molecule is N=c1c(N)c(N)c2nccn(O)c-2c1N. The van der Waals surface area contributed by atoms with Crippen molar-refractivity contribution in [2.75, 3.05) is 17.2 Å². The second-order valence-corrected chi connectivity index (χ2v) is 3.09. The molecule has 0 aromatic heterocycles. The summed E-state index contributed by atoms with van der Waals surface area (Å²) in [6.45, 7) is 0. The van der Waals surface area contributed by atoms with Crippen molar-refractivity contribution < 1.29 is 5.21 Å². The van der Waals surface area contributed by atoms with Crippen molar-refractivity contribution in [2.45, 2.75) is 0 Å². The Morgan fingerprint density at radius 1 is 1.20 bits per heavy atom. The molecular weight excluding hydrogens is 196 g/mol. The minimum Gasteiger partial charge on any atom is -0.428 e. The van der Waals surface area contributed by atoms with Crippen LogP contribution in [-0.4, -0.2) is 14.9 Å². The van der Waals surface area contributed by atoms with E-state index in [0.717, 1.165) is 4.73 Å². The fourth-order valence-electron chi connectivity index (χ4n) is 1.39. The van der Waals surface area contributed by atoms with Gasteiger partial charge in [-0.2, -0.15) is 4.73 Å². The molecule has 1 aliphatic carbocycles. The number of hydrogen-bond acceptors (Lipinski definition) is 6. The van der Waals surface area contributed by atoms with Crippen LogP contribution in [0.4, 0.5) is 17.1 Å². The predicted molar refractivity (Wildman–Crippen MR) is 55.1 cm³/mol. The topological polar surface area (TPSA) is 140 Å². The van der Waals surface area contributed by atoms with Crippen molar-refractivity contribution in [3.8, 4) is 11.4 Å². The van der Waals surface area contributed by atoms with E-state index in [0.29, 0.717) is 0 Å². The van der Waals surface area contributed by atoms with Crippen molar-refractivity contribution in [2.24, 2.45) is 0 Å². The van der Waals surface area contributed by atoms with E-state index in [9.17, 15) is 5.21 Å². The first-order valence-electron chi connectivity index (χ1n) is 4.11. The second kappa shape index (κ2) is 2.77. The summed E-state index contributed by atoms with van der Waals surface area (Å²) in [6, 6.07) is 0. The van der Waals surface area contributed by atoms with Crippen molar-refractivity contribution in [1.29, 1.82) is 5.41 Å². The summed E-state index contributed by atoms with van der Waals surface area (Å²) in [7, 11) is 0. The van der Waals surface area contributed by atoms with Crippen molar-refractivity contribution in [3.05, 3.63) is 17.8 Å². The molecule has 0 aromatic rings. The number of benzene rings is 1. The zero-order valence-electron chi connectivity index (χ0n) is 7.73. The van der Waals surface area contributed by atoms with E-state index in [1.54, 1.807) is 0 Å². The summed E-state index contributed by atoms with van der Waals surface area (Å²) in [6.07, 6.45) is 2.66. The molecule has 0 bridgehead atoms.